The number of amides is 1. The van der Waals surface area contributed by atoms with Gasteiger partial charge in [0.1, 0.15) is 0 Å². The summed E-state index contributed by atoms with van der Waals surface area (Å²) in [6.07, 6.45) is 62.7. The van der Waals surface area contributed by atoms with E-state index in [2.05, 4.69) is 67.8 Å². The molecule has 0 saturated carbocycles. The number of carbonyl (C=O) groups excluding carboxylic acids is 1. The Morgan fingerprint density at radius 1 is 0.472 bits per heavy atom. The van der Waals surface area contributed by atoms with E-state index in [-0.39, 0.29) is 12.5 Å². The molecule has 0 heterocycles. The van der Waals surface area contributed by atoms with Gasteiger partial charge in [-0.15, -0.1) is 0 Å². The molecule has 4 heteroatoms. The zero-order valence-corrected chi connectivity index (χ0v) is 35.3. The third kappa shape index (κ3) is 41.1. The molecule has 0 aromatic heterocycles. The largest absolute Gasteiger partial charge is 0.394 e. The zero-order chi connectivity index (χ0) is 38.6. The highest BCUT2D eigenvalue weighted by Crippen LogP contribution is 2.16. The highest BCUT2D eigenvalue weighted by atomic mass is 16.3. The molecule has 308 valence electrons. The first-order valence-electron chi connectivity index (χ1n) is 23.0. The van der Waals surface area contributed by atoms with Crippen molar-refractivity contribution >= 4 is 5.91 Å². The van der Waals surface area contributed by atoms with E-state index in [0.29, 0.717) is 6.42 Å². The first kappa shape index (κ1) is 51.1. The summed E-state index contributed by atoms with van der Waals surface area (Å²) >= 11 is 0. The summed E-state index contributed by atoms with van der Waals surface area (Å²) in [6.45, 7) is 4.06. The second-order valence-corrected chi connectivity index (χ2v) is 15.4. The fraction of sp³-hybridized carbons (Fsp3) is 0.776. The molecule has 0 aliphatic carbocycles. The van der Waals surface area contributed by atoms with Crippen LogP contribution in [0.15, 0.2) is 60.8 Å². The standard InChI is InChI=1S/C49H89NO3/c1-3-5-7-9-10-11-12-13-14-15-16-17-18-19-20-21-22-23-24-25-26-27-28-29-30-31-32-33-34-35-36-37-38-39-40-41-43-45-49(53)50-47(46-51)48(52)44-42-8-6-4-2/h5,7,10-11,13-14,16-17,42,44,47-48,51-52H,3-4,6,8-9,12,15,18-41,43,45-46H2,1-2H3,(H,50,53)/b7-5-,11-10-,14-13-,17-16-,44-42+. The van der Waals surface area contributed by atoms with Gasteiger partial charge in [0, 0.05) is 6.42 Å². The summed E-state index contributed by atoms with van der Waals surface area (Å²) in [5.41, 5.74) is 0. The molecule has 2 unspecified atom stereocenters. The van der Waals surface area contributed by atoms with Gasteiger partial charge >= 0.3 is 0 Å². The highest BCUT2D eigenvalue weighted by Gasteiger charge is 2.17. The predicted octanol–water partition coefficient (Wildman–Crippen LogP) is 14.5. The van der Waals surface area contributed by atoms with Gasteiger partial charge < -0.3 is 15.5 Å². The summed E-state index contributed by atoms with van der Waals surface area (Å²) in [4.78, 5) is 12.2. The van der Waals surface area contributed by atoms with Crippen LogP contribution in [0.2, 0.25) is 0 Å². The Hall–Kier alpha value is -1.91. The SMILES string of the molecule is CC/C=C\C/C=C\C/C=C\C/C=C\CCCCCCCCCCCCCCCCCCCCCCCCCCC(=O)NC(CO)C(O)/C=C/CCCC. The minimum absolute atomic E-state index is 0.0720. The van der Waals surface area contributed by atoms with Crippen molar-refractivity contribution in [3.8, 4) is 0 Å². The number of hydrogen-bond acceptors (Lipinski definition) is 3. The van der Waals surface area contributed by atoms with Gasteiger partial charge in [0.25, 0.3) is 0 Å². The molecule has 0 rings (SSSR count). The Morgan fingerprint density at radius 2 is 0.830 bits per heavy atom. The number of carbonyl (C=O) groups is 1. The van der Waals surface area contributed by atoms with Crippen LogP contribution in [-0.2, 0) is 4.79 Å². The minimum atomic E-state index is -0.833. The number of hydrogen-bond donors (Lipinski definition) is 3. The first-order valence-corrected chi connectivity index (χ1v) is 23.0. The van der Waals surface area contributed by atoms with Crippen LogP contribution in [0, 0.1) is 0 Å². The monoisotopic (exact) mass is 740 g/mol. The molecular formula is C49H89NO3. The highest BCUT2D eigenvalue weighted by molar-refractivity contribution is 5.76. The van der Waals surface area contributed by atoms with Crippen molar-refractivity contribution in [2.75, 3.05) is 6.61 Å². The van der Waals surface area contributed by atoms with E-state index in [0.717, 1.165) is 57.8 Å². The lowest BCUT2D eigenvalue weighted by atomic mass is 10.0. The second-order valence-electron chi connectivity index (χ2n) is 15.4. The normalized spacial score (nSPS) is 13.5. The lowest BCUT2D eigenvalue weighted by Gasteiger charge is -2.19. The van der Waals surface area contributed by atoms with E-state index in [1.165, 1.54) is 148 Å². The van der Waals surface area contributed by atoms with Crippen LogP contribution in [0.4, 0.5) is 0 Å². The lowest BCUT2D eigenvalue weighted by Crippen LogP contribution is -2.45. The van der Waals surface area contributed by atoms with E-state index in [4.69, 9.17) is 0 Å². The maximum Gasteiger partial charge on any atom is 0.220 e. The molecule has 0 radical (unpaired) electrons. The van der Waals surface area contributed by atoms with E-state index in [9.17, 15) is 15.0 Å². The Labute approximate surface area is 330 Å². The van der Waals surface area contributed by atoms with Crippen molar-refractivity contribution in [2.24, 2.45) is 0 Å². The van der Waals surface area contributed by atoms with Gasteiger partial charge in [0.05, 0.1) is 18.8 Å². The number of unbranched alkanes of at least 4 members (excludes halogenated alkanes) is 26. The van der Waals surface area contributed by atoms with E-state index < -0.39 is 12.1 Å². The van der Waals surface area contributed by atoms with Crippen LogP contribution in [0.5, 0.6) is 0 Å². The van der Waals surface area contributed by atoms with E-state index in [1.807, 2.05) is 6.08 Å². The van der Waals surface area contributed by atoms with Crippen molar-refractivity contribution in [3.63, 3.8) is 0 Å². The third-order valence-electron chi connectivity index (χ3n) is 10.3. The summed E-state index contributed by atoms with van der Waals surface area (Å²) in [7, 11) is 0. The topological polar surface area (TPSA) is 69.6 Å². The molecule has 0 aliphatic heterocycles. The Morgan fingerprint density at radius 3 is 1.23 bits per heavy atom. The fourth-order valence-electron chi connectivity index (χ4n) is 6.74. The third-order valence-corrected chi connectivity index (χ3v) is 10.3. The van der Waals surface area contributed by atoms with Gasteiger partial charge in [-0.1, -0.05) is 229 Å². The molecule has 0 fully saturated rings. The van der Waals surface area contributed by atoms with Gasteiger partial charge in [-0.25, -0.2) is 0 Å². The Balaban J connectivity index is 3.32. The van der Waals surface area contributed by atoms with Crippen LogP contribution in [0.1, 0.15) is 226 Å². The molecule has 2 atom stereocenters. The summed E-state index contributed by atoms with van der Waals surface area (Å²) < 4.78 is 0. The van der Waals surface area contributed by atoms with Gasteiger partial charge in [-0.2, -0.15) is 0 Å². The number of aliphatic hydroxyl groups is 2. The maximum atomic E-state index is 12.2. The molecule has 0 saturated heterocycles. The van der Waals surface area contributed by atoms with Crippen LogP contribution in [0.25, 0.3) is 0 Å². The van der Waals surface area contributed by atoms with Crippen molar-refractivity contribution in [1.82, 2.24) is 5.32 Å². The smallest absolute Gasteiger partial charge is 0.220 e. The van der Waals surface area contributed by atoms with Crippen LogP contribution < -0.4 is 5.32 Å². The van der Waals surface area contributed by atoms with Crippen LogP contribution in [-0.4, -0.2) is 34.9 Å². The maximum absolute atomic E-state index is 12.2. The second kappa shape index (κ2) is 44.5. The molecule has 0 aromatic rings. The summed E-state index contributed by atoms with van der Waals surface area (Å²) in [5.74, 6) is -0.0720. The first-order chi connectivity index (χ1) is 26.2. The summed E-state index contributed by atoms with van der Waals surface area (Å²) in [5, 5.41) is 22.5. The molecule has 0 spiro atoms. The number of rotatable bonds is 41. The molecule has 4 nitrogen and oxygen atoms in total. The quantitative estimate of drug-likeness (QED) is 0.0432. The summed E-state index contributed by atoms with van der Waals surface area (Å²) in [6, 6.07) is -0.616. The number of nitrogens with one attached hydrogen (secondary N) is 1. The van der Waals surface area contributed by atoms with Crippen molar-refractivity contribution in [2.45, 2.75) is 238 Å². The zero-order valence-electron chi connectivity index (χ0n) is 35.3. The predicted molar refractivity (Wildman–Crippen MR) is 234 cm³/mol. The van der Waals surface area contributed by atoms with E-state index in [1.54, 1.807) is 6.08 Å². The number of aliphatic hydroxyl groups excluding tert-OH is 2. The van der Waals surface area contributed by atoms with E-state index >= 15 is 0 Å². The van der Waals surface area contributed by atoms with Crippen LogP contribution in [0.3, 0.4) is 0 Å². The van der Waals surface area contributed by atoms with Gasteiger partial charge in [0.15, 0.2) is 0 Å². The van der Waals surface area contributed by atoms with Crippen molar-refractivity contribution in [3.05, 3.63) is 60.8 Å². The van der Waals surface area contributed by atoms with Crippen molar-refractivity contribution in [1.29, 1.82) is 0 Å². The Kier molecular flexibility index (Phi) is 42.9. The molecule has 3 N–H and O–H groups in total. The molecule has 0 bridgehead atoms. The molecule has 53 heavy (non-hydrogen) atoms. The van der Waals surface area contributed by atoms with Crippen molar-refractivity contribution < 1.29 is 15.0 Å². The fourth-order valence-corrected chi connectivity index (χ4v) is 6.74. The average molecular weight is 740 g/mol. The molecule has 0 aliphatic rings. The van der Waals surface area contributed by atoms with Gasteiger partial charge in [-0.3, -0.25) is 4.79 Å². The molecule has 0 aromatic carbocycles. The number of allylic oxidation sites excluding steroid dienone is 9. The minimum Gasteiger partial charge on any atom is -0.394 e. The van der Waals surface area contributed by atoms with Gasteiger partial charge in [-0.05, 0) is 51.4 Å². The average Bonchev–Trinajstić information content (AvgIpc) is 3.16. The molecular weight excluding hydrogens is 651 g/mol. The van der Waals surface area contributed by atoms with Crippen LogP contribution >= 0.6 is 0 Å². The van der Waals surface area contributed by atoms with Gasteiger partial charge in [0.2, 0.25) is 5.91 Å². The molecule has 1 amide bonds. The lowest BCUT2D eigenvalue weighted by molar-refractivity contribution is -0.123. The Bertz CT molecular complexity index is 888.